The van der Waals surface area contributed by atoms with E-state index in [-0.39, 0.29) is 35.5 Å². The van der Waals surface area contributed by atoms with E-state index >= 15 is 0 Å². The topological polar surface area (TPSA) is 206 Å². The van der Waals surface area contributed by atoms with Gasteiger partial charge in [0.1, 0.15) is 23.7 Å². The molecule has 52 heavy (non-hydrogen) atoms. The Kier molecular flexibility index (Phi) is 13.2. The van der Waals surface area contributed by atoms with Crippen molar-refractivity contribution in [2.45, 2.75) is 63.0 Å². The van der Waals surface area contributed by atoms with E-state index in [1.54, 1.807) is 12.1 Å². The van der Waals surface area contributed by atoms with E-state index in [2.05, 4.69) is 88.5 Å². The molecular formula is C36H40N8O6S2. The SMILES string of the molecule is Cc1ccccc1CNCc1ccccc1C.NCc1ccccc1CC(=O)NC1C(=O)N2C(C(=O)O)=C(CSc3nnnn3CC(=O)O)CS[C@H]12. The van der Waals surface area contributed by atoms with Crippen LogP contribution >= 0.6 is 23.5 Å². The quantitative estimate of drug-likeness (QED) is 0.0932. The highest BCUT2D eigenvalue weighted by molar-refractivity contribution is 8.01. The number of carbonyl (C=O) groups excluding carboxylic acids is 2. The molecule has 14 nitrogen and oxygen atoms in total. The first-order valence-corrected chi connectivity index (χ1v) is 18.5. The van der Waals surface area contributed by atoms with Crippen molar-refractivity contribution in [1.82, 2.24) is 35.7 Å². The number of thioether (sulfide) groups is 2. The first kappa shape index (κ1) is 38.2. The van der Waals surface area contributed by atoms with Crippen LogP contribution in [0.5, 0.6) is 0 Å². The van der Waals surface area contributed by atoms with Crippen molar-refractivity contribution >= 4 is 47.3 Å². The molecule has 0 saturated carbocycles. The Bertz CT molecular complexity index is 1920. The first-order chi connectivity index (χ1) is 25.1. The molecule has 0 aliphatic carbocycles. The van der Waals surface area contributed by atoms with Gasteiger partial charge in [0, 0.05) is 31.1 Å². The van der Waals surface area contributed by atoms with Gasteiger partial charge in [0.2, 0.25) is 11.1 Å². The second-order valence-corrected chi connectivity index (χ2v) is 14.2. The number of nitrogens with one attached hydrogen (secondary N) is 2. The molecule has 272 valence electrons. The molecule has 16 heteroatoms. The number of hydrogen-bond acceptors (Lipinski definition) is 11. The van der Waals surface area contributed by atoms with E-state index in [4.69, 9.17) is 10.8 Å². The van der Waals surface area contributed by atoms with Gasteiger partial charge in [0.05, 0.1) is 6.42 Å². The van der Waals surface area contributed by atoms with Crippen LogP contribution in [0.3, 0.4) is 0 Å². The van der Waals surface area contributed by atoms with Gasteiger partial charge in [-0.3, -0.25) is 19.3 Å². The molecule has 1 saturated heterocycles. The number of aliphatic carboxylic acids is 2. The zero-order chi connectivity index (χ0) is 37.2. The Morgan fingerprint density at radius 2 is 1.52 bits per heavy atom. The molecule has 1 unspecified atom stereocenters. The number of β-lactam (4-membered cyclic amide) rings is 1. The number of carbonyl (C=O) groups is 4. The van der Waals surface area contributed by atoms with E-state index in [0.717, 1.165) is 40.7 Å². The molecule has 2 amide bonds. The standard InChI is InChI=1S/C20H21N7O6S2.C16H19N/c21-6-11-4-2-1-3-10(11)5-13(28)22-15-17(31)27-16(19(32)33)12(8-34-18(15)27)9-35-20-23-24-25-26(20)7-14(29)30;1-13-7-3-5-9-15(13)11-17-12-16-10-6-4-8-14(16)2/h1-4,15,18H,5-9,21H2,(H,22,28)(H,29,30)(H,32,33);3-10,17H,11-12H2,1-2H3/t15?,18-;/m1./s1. The second-order valence-electron chi connectivity index (χ2n) is 12.1. The smallest absolute Gasteiger partial charge is 0.352 e. The number of amides is 2. The lowest BCUT2D eigenvalue weighted by Gasteiger charge is -2.49. The number of tetrazole rings is 1. The van der Waals surface area contributed by atoms with Crippen LogP contribution in [0.4, 0.5) is 0 Å². The van der Waals surface area contributed by atoms with Crippen molar-refractivity contribution in [2.24, 2.45) is 5.73 Å². The molecule has 1 aromatic heterocycles. The predicted octanol–water partition coefficient (Wildman–Crippen LogP) is 2.88. The summed E-state index contributed by atoms with van der Waals surface area (Å²) in [5.41, 5.74) is 13.1. The summed E-state index contributed by atoms with van der Waals surface area (Å²) in [6, 6.07) is 23.5. The lowest BCUT2D eigenvalue weighted by Crippen LogP contribution is -2.70. The van der Waals surface area contributed by atoms with Crippen molar-refractivity contribution < 1.29 is 29.4 Å². The molecule has 0 radical (unpaired) electrons. The average Bonchev–Trinajstić information content (AvgIpc) is 3.57. The van der Waals surface area contributed by atoms with E-state index in [9.17, 15) is 24.3 Å². The number of nitrogens with two attached hydrogens (primary N) is 1. The van der Waals surface area contributed by atoms with E-state index in [0.29, 0.717) is 11.3 Å². The Labute approximate surface area is 309 Å². The van der Waals surface area contributed by atoms with Gasteiger partial charge in [0.25, 0.3) is 5.91 Å². The van der Waals surface area contributed by atoms with Crippen LogP contribution in [0.15, 0.2) is 89.2 Å². The summed E-state index contributed by atoms with van der Waals surface area (Å²) in [6.45, 7) is 6.03. The van der Waals surface area contributed by atoms with Gasteiger partial charge in [-0.25, -0.2) is 9.48 Å². The molecule has 1 fully saturated rings. The van der Waals surface area contributed by atoms with Crippen molar-refractivity contribution in [3.63, 3.8) is 0 Å². The molecule has 4 aromatic rings. The average molecular weight is 745 g/mol. The number of carboxylic acids is 2. The molecule has 0 spiro atoms. The molecule has 3 heterocycles. The summed E-state index contributed by atoms with van der Waals surface area (Å²) in [4.78, 5) is 49.6. The fraction of sp³-hybridized carbons (Fsp3) is 0.306. The maximum absolute atomic E-state index is 12.8. The maximum Gasteiger partial charge on any atom is 0.352 e. The first-order valence-electron chi connectivity index (χ1n) is 16.4. The largest absolute Gasteiger partial charge is 0.480 e. The third kappa shape index (κ3) is 9.44. The van der Waals surface area contributed by atoms with Gasteiger partial charge in [-0.15, -0.1) is 16.9 Å². The monoisotopic (exact) mass is 744 g/mol. The maximum atomic E-state index is 12.8. The summed E-state index contributed by atoms with van der Waals surface area (Å²) in [6.07, 6.45) is 0.0586. The highest BCUT2D eigenvalue weighted by Gasteiger charge is 2.54. The number of carboxylic acid groups (broad SMARTS) is 2. The molecular weight excluding hydrogens is 705 g/mol. The third-order valence-electron chi connectivity index (χ3n) is 8.57. The van der Waals surface area contributed by atoms with Gasteiger partial charge in [0.15, 0.2) is 0 Å². The van der Waals surface area contributed by atoms with E-state index in [1.807, 2.05) is 12.1 Å². The zero-order valence-electron chi connectivity index (χ0n) is 28.7. The van der Waals surface area contributed by atoms with Gasteiger partial charge >= 0.3 is 11.9 Å². The molecule has 0 bridgehead atoms. The number of hydrogen-bond donors (Lipinski definition) is 5. The summed E-state index contributed by atoms with van der Waals surface area (Å²) < 4.78 is 1.09. The summed E-state index contributed by atoms with van der Waals surface area (Å²) in [5, 5.41) is 35.5. The third-order valence-corrected chi connectivity index (χ3v) is 11.0. The second kappa shape index (κ2) is 17.9. The van der Waals surface area contributed by atoms with Crippen LogP contribution in [-0.2, 0) is 51.8 Å². The van der Waals surface area contributed by atoms with Crippen LogP contribution in [0.25, 0.3) is 0 Å². The van der Waals surface area contributed by atoms with Crippen molar-refractivity contribution in [3.05, 3.63) is 117 Å². The lowest BCUT2D eigenvalue weighted by atomic mass is 10.0. The van der Waals surface area contributed by atoms with Crippen LogP contribution in [0, 0.1) is 13.8 Å². The highest BCUT2D eigenvalue weighted by Crippen LogP contribution is 2.41. The minimum Gasteiger partial charge on any atom is -0.480 e. The number of aromatic nitrogens is 4. The fourth-order valence-electron chi connectivity index (χ4n) is 5.75. The summed E-state index contributed by atoms with van der Waals surface area (Å²) >= 11 is 2.42. The minimum absolute atomic E-state index is 0.0586. The minimum atomic E-state index is -1.26. The van der Waals surface area contributed by atoms with Gasteiger partial charge < -0.3 is 26.6 Å². The molecule has 3 aromatic carbocycles. The highest BCUT2D eigenvalue weighted by atomic mass is 32.2. The van der Waals surface area contributed by atoms with Crippen LogP contribution < -0.4 is 16.4 Å². The van der Waals surface area contributed by atoms with Crippen molar-refractivity contribution in [2.75, 3.05) is 11.5 Å². The Morgan fingerprint density at radius 3 is 2.10 bits per heavy atom. The van der Waals surface area contributed by atoms with Crippen LogP contribution in [0.2, 0.25) is 0 Å². The van der Waals surface area contributed by atoms with Crippen molar-refractivity contribution in [3.8, 4) is 0 Å². The van der Waals surface area contributed by atoms with E-state index < -0.39 is 35.8 Å². The molecule has 6 N–H and O–H groups in total. The van der Waals surface area contributed by atoms with E-state index in [1.165, 1.54) is 38.9 Å². The van der Waals surface area contributed by atoms with Gasteiger partial charge in [-0.05, 0) is 63.2 Å². The Morgan fingerprint density at radius 1 is 0.923 bits per heavy atom. The fourth-order valence-corrected chi connectivity index (χ4v) is 8.11. The summed E-state index contributed by atoms with van der Waals surface area (Å²) in [7, 11) is 0. The summed E-state index contributed by atoms with van der Waals surface area (Å²) in [5.74, 6) is -2.77. The van der Waals surface area contributed by atoms with Gasteiger partial charge in [-0.2, -0.15) is 0 Å². The number of fused-ring (bicyclic) bond motifs is 1. The number of aryl methyl sites for hydroxylation is 2. The van der Waals surface area contributed by atoms with Crippen LogP contribution in [-0.4, -0.2) is 82.0 Å². The van der Waals surface area contributed by atoms with Crippen molar-refractivity contribution in [1.29, 1.82) is 0 Å². The zero-order valence-corrected chi connectivity index (χ0v) is 30.3. The number of benzene rings is 3. The molecule has 6 rings (SSSR count). The predicted molar refractivity (Wildman–Crippen MR) is 197 cm³/mol. The Hall–Kier alpha value is -5.03. The molecule has 2 aliphatic heterocycles. The number of nitrogens with zero attached hydrogens (tertiary/aromatic N) is 5. The normalized spacial score (nSPS) is 16.4. The molecule has 2 atom stereocenters. The lowest BCUT2D eigenvalue weighted by molar-refractivity contribution is -0.150. The van der Waals surface area contributed by atoms with Crippen LogP contribution in [0.1, 0.15) is 33.4 Å². The Balaban J connectivity index is 0.000000257. The molecule has 2 aliphatic rings. The van der Waals surface area contributed by atoms with Gasteiger partial charge in [-0.1, -0.05) is 84.6 Å². The number of rotatable bonds is 14.